The summed E-state index contributed by atoms with van der Waals surface area (Å²) < 4.78 is 18.4. The fourth-order valence-corrected chi connectivity index (χ4v) is 2.65. The van der Waals surface area contributed by atoms with E-state index in [1.807, 2.05) is 31.2 Å². The van der Waals surface area contributed by atoms with Crippen LogP contribution in [0, 0.1) is 5.82 Å². The summed E-state index contributed by atoms with van der Waals surface area (Å²) in [5.41, 5.74) is 1.74. The quantitative estimate of drug-likeness (QED) is 0.682. The van der Waals surface area contributed by atoms with Crippen LogP contribution in [0.25, 0.3) is 6.08 Å². The maximum absolute atomic E-state index is 13.0. The van der Waals surface area contributed by atoms with Gasteiger partial charge in [0.25, 0.3) is 5.91 Å². The van der Waals surface area contributed by atoms with Crippen molar-refractivity contribution in [3.8, 4) is 5.75 Å². The number of hydrogen-bond donors (Lipinski definition) is 1. The Hall–Kier alpha value is -2.73. The molecule has 0 radical (unpaired) electrons. The van der Waals surface area contributed by atoms with Crippen LogP contribution in [0.15, 0.2) is 54.2 Å². The van der Waals surface area contributed by atoms with E-state index in [1.54, 1.807) is 6.08 Å². The minimum Gasteiger partial charge on any atom is -0.494 e. The van der Waals surface area contributed by atoms with E-state index < -0.39 is 0 Å². The first-order valence-electron chi connectivity index (χ1n) is 7.44. The Kier molecular flexibility index (Phi) is 4.57. The van der Waals surface area contributed by atoms with Crippen LogP contribution in [0.4, 0.5) is 10.1 Å². The number of benzene rings is 2. The van der Waals surface area contributed by atoms with Gasteiger partial charge in [-0.2, -0.15) is 0 Å². The lowest BCUT2D eigenvalue weighted by atomic mass is 10.2. The van der Waals surface area contributed by atoms with Crippen molar-refractivity contribution in [2.75, 3.05) is 11.5 Å². The molecule has 0 aromatic heterocycles. The van der Waals surface area contributed by atoms with Gasteiger partial charge in [0.2, 0.25) is 0 Å². The fourth-order valence-electron chi connectivity index (χ4n) is 2.35. The van der Waals surface area contributed by atoms with Gasteiger partial charge in [-0.25, -0.2) is 4.39 Å². The van der Waals surface area contributed by atoms with Gasteiger partial charge in [-0.3, -0.25) is 9.69 Å². The highest BCUT2D eigenvalue weighted by molar-refractivity contribution is 7.80. The highest BCUT2D eigenvalue weighted by atomic mass is 32.1. The predicted molar refractivity (Wildman–Crippen MR) is 95.2 cm³/mol. The molecule has 1 fully saturated rings. The SMILES string of the molecule is CCOc1ccc(/C=C2/NC(=S)N(c3ccc(F)cc3)C2=O)cc1. The van der Waals surface area contributed by atoms with Crippen LogP contribution in [-0.4, -0.2) is 17.6 Å². The molecule has 0 spiro atoms. The first-order chi connectivity index (χ1) is 11.6. The summed E-state index contributed by atoms with van der Waals surface area (Å²) in [5.74, 6) is 0.128. The smallest absolute Gasteiger partial charge is 0.281 e. The average Bonchev–Trinajstić information content (AvgIpc) is 2.85. The van der Waals surface area contributed by atoms with Gasteiger partial charge in [0.05, 0.1) is 12.3 Å². The topological polar surface area (TPSA) is 41.6 Å². The van der Waals surface area contributed by atoms with Crippen molar-refractivity contribution < 1.29 is 13.9 Å². The summed E-state index contributed by atoms with van der Waals surface area (Å²) in [6.07, 6.45) is 1.72. The molecule has 1 aliphatic rings. The number of halogens is 1. The zero-order valence-corrected chi connectivity index (χ0v) is 13.8. The number of nitrogens with zero attached hydrogens (tertiary/aromatic N) is 1. The normalized spacial score (nSPS) is 15.8. The van der Waals surface area contributed by atoms with Crippen LogP contribution < -0.4 is 15.0 Å². The van der Waals surface area contributed by atoms with E-state index in [0.717, 1.165) is 11.3 Å². The van der Waals surface area contributed by atoms with Crippen molar-refractivity contribution in [3.63, 3.8) is 0 Å². The molecule has 6 heteroatoms. The first-order valence-corrected chi connectivity index (χ1v) is 7.85. The predicted octanol–water partition coefficient (Wildman–Crippen LogP) is 3.49. The van der Waals surface area contributed by atoms with Crippen molar-refractivity contribution in [3.05, 3.63) is 65.6 Å². The van der Waals surface area contributed by atoms with E-state index in [9.17, 15) is 9.18 Å². The molecule has 2 aromatic carbocycles. The second-order valence-electron chi connectivity index (χ2n) is 5.11. The molecule has 1 N–H and O–H groups in total. The second kappa shape index (κ2) is 6.80. The summed E-state index contributed by atoms with van der Waals surface area (Å²) in [7, 11) is 0. The van der Waals surface area contributed by atoms with Crippen molar-refractivity contribution in [1.82, 2.24) is 5.32 Å². The maximum atomic E-state index is 13.0. The molecule has 3 rings (SSSR count). The molecule has 1 amide bonds. The Labute approximate surface area is 144 Å². The maximum Gasteiger partial charge on any atom is 0.281 e. The van der Waals surface area contributed by atoms with Gasteiger partial charge >= 0.3 is 0 Å². The first kappa shape index (κ1) is 16.1. The van der Waals surface area contributed by atoms with E-state index >= 15 is 0 Å². The molecule has 1 heterocycles. The molecular weight excluding hydrogens is 327 g/mol. The second-order valence-corrected chi connectivity index (χ2v) is 5.49. The minimum atomic E-state index is -0.366. The van der Waals surface area contributed by atoms with Crippen LogP contribution >= 0.6 is 12.2 Å². The van der Waals surface area contributed by atoms with Gasteiger partial charge in [-0.15, -0.1) is 0 Å². The molecule has 0 saturated carbocycles. The minimum absolute atomic E-state index is 0.267. The van der Waals surface area contributed by atoms with Gasteiger partial charge < -0.3 is 10.1 Å². The van der Waals surface area contributed by atoms with Gasteiger partial charge in [-0.1, -0.05) is 12.1 Å². The molecular formula is C18H15FN2O2S. The Morgan fingerprint density at radius 1 is 1.17 bits per heavy atom. The van der Waals surface area contributed by atoms with E-state index in [2.05, 4.69) is 5.32 Å². The van der Waals surface area contributed by atoms with Crippen LogP contribution in [0.2, 0.25) is 0 Å². The number of amides is 1. The number of anilines is 1. The Morgan fingerprint density at radius 2 is 1.83 bits per heavy atom. The summed E-state index contributed by atoms with van der Waals surface area (Å²) in [6, 6.07) is 13.0. The van der Waals surface area contributed by atoms with Crippen molar-refractivity contribution >= 4 is 35.0 Å². The van der Waals surface area contributed by atoms with E-state index in [1.165, 1.54) is 29.2 Å². The molecule has 24 heavy (non-hydrogen) atoms. The molecule has 0 bridgehead atoms. The lowest BCUT2D eigenvalue weighted by molar-refractivity contribution is -0.113. The molecule has 0 atom stereocenters. The summed E-state index contributed by atoms with van der Waals surface area (Å²) in [5, 5.41) is 3.17. The standard InChI is InChI=1S/C18H15FN2O2S/c1-2-23-15-9-3-12(4-10-15)11-16-17(22)21(18(24)20-16)14-7-5-13(19)6-8-14/h3-11H,2H2,1H3,(H,20,24)/b16-11+. The number of ether oxygens (including phenoxy) is 1. The highest BCUT2D eigenvalue weighted by Crippen LogP contribution is 2.23. The van der Waals surface area contributed by atoms with E-state index in [4.69, 9.17) is 17.0 Å². The molecule has 4 nitrogen and oxygen atoms in total. The van der Waals surface area contributed by atoms with Gasteiger partial charge in [0.1, 0.15) is 17.3 Å². The zero-order valence-electron chi connectivity index (χ0n) is 13.0. The van der Waals surface area contributed by atoms with Crippen LogP contribution in [0.5, 0.6) is 5.75 Å². The number of carbonyl (C=O) groups is 1. The average molecular weight is 342 g/mol. The Morgan fingerprint density at radius 3 is 2.46 bits per heavy atom. The molecule has 0 aliphatic carbocycles. The van der Waals surface area contributed by atoms with Crippen LogP contribution in [-0.2, 0) is 4.79 Å². The summed E-state index contributed by atoms with van der Waals surface area (Å²) in [4.78, 5) is 13.9. The molecule has 2 aromatic rings. The largest absolute Gasteiger partial charge is 0.494 e. The molecule has 1 aliphatic heterocycles. The zero-order chi connectivity index (χ0) is 17.1. The molecule has 1 saturated heterocycles. The van der Waals surface area contributed by atoms with Crippen molar-refractivity contribution in [2.45, 2.75) is 6.92 Å². The lowest BCUT2D eigenvalue weighted by Gasteiger charge is -2.13. The van der Waals surface area contributed by atoms with Crippen molar-refractivity contribution in [2.24, 2.45) is 0 Å². The number of hydrogen-bond acceptors (Lipinski definition) is 3. The van der Waals surface area contributed by atoms with Gasteiger partial charge in [-0.05, 0) is 67.2 Å². The summed E-state index contributed by atoms with van der Waals surface area (Å²) in [6.45, 7) is 2.52. The Bertz CT molecular complexity index is 801. The van der Waals surface area contributed by atoms with Crippen LogP contribution in [0.3, 0.4) is 0 Å². The lowest BCUT2D eigenvalue weighted by Crippen LogP contribution is -2.30. The molecule has 122 valence electrons. The Balaban J connectivity index is 1.83. The fraction of sp³-hybridized carbons (Fsp3) is 0.111. The van der Waals surface area contributed by atoms with Crippen LogP contribution in [0.1, 0.15) is 12.5 Å². The van der Waals surface area contributed by atoms with E-state index in [-0.39, 0.29) is 16.8 Å². The monoisotopic (exact) mass is 342 g/mol. The van der Waals surface area contributed by atoms with Gasteiger partial charge in [0, 0.05) is 0 Å². The summed E-state index contributed by atoms with van der Waals surface area (Å²) >= 11 is 5.22. The third-order valence-electron chi connectivity index (χ3n) is 3.47. The van der Waals surface area contributed by atoms with Gasteiger partial charge in [0.15, 0.2) is 5.11 Å². The number of rotatable bonds is 4. The third-order valence-corrected chi connectivity index (χ3v) is 3.75. The number of nitrogens with one attached hydrogen (secondary N) is 1. The number of carbonyl (C=O) groups excluding carboxylic acids is 1. The highest BCUT2D eigenvalue weighted by Gasteiger charge is 2.31. The van der Waals surface area contributed by atoms with Crippen molar-refractivity contribution in [1.29, 1.82) is 0 Å². The molecule has 0 unspecified atom stereocenters. The van der Waals surface area contributed by atoms with E-state index in [0.29, 0.717) is 18.0 Å². The third kappa shape index (κ3) is 3.28. The number of thiocarbonyl (C=S) groups is 1.